The van der Waals surface area contributed by atoms with Crippen LogP contribution in [-0.4, -0.2) is 90.8 Å². The molecule has 3 unspecified atom stereocenters. The number of Topliss-reactive ketones (excluding diaryl/α,β-unsaturated/α-hetero) is 3. The van der Waals surface area contributed by atoms with E-state index in [0.717, 1.165) is 0 Å². The van der Waals surface area contributed by atoms with Crippen LogP contribution in [0.5, 0.6) is 0 Å². The standard InChI is InChI=1S/3C9H16O4.Al/c3*1-6(2)13-5-4-8(7(3)10)9(11)12;/h3*6,8H,4-5H2,1-3H3,(H,11,12);/q;;;+3/p-3. The third kappa shape index (κ3) is 27.4. The summed E-state index contributed by atoms with van der Waals surface area (Å²) in [6.07, 6.45) is 0.722. The third-order valence-corrected chi connectivity index (χ3v) is 4.90. The topological polar surface area (TPSA) is 199 Å². The summed E-state index contributed by atoms with van der Waals surface area (Å²) < 4.78 is 15.4. The Morgan fingerprint density at radius 2 is 0.650 bits per heavy atom. The molecule has 13 heteroatoms. The quantitative estimate of drug-likeness (QED) is 0.138. The van der Waals surface area contributed by atoms with Gasteiger partial charge in [-0.15, -0.1) is 0 Å². The minimum Gasteiger partial charge on any atom is -0.549 e. The maximum absolute atomic E-state index is 10.8. The smallest absolute Gasteiger partial charge is 0.549 e. The monoisotopic (exact) mass is 588 g/mol. The molecule has 0 radical (unpaired) electrons. The van der Waals surface area contributed by atoms with Crippen molar-refractivity contribution in [3.8, 4) is 0 Å². The fourth-order valence-electron chi connectivity index (χ4n) is 2.73. The molecule has 0 aromatic rings. The van der Waals surface area contributed by atoms with Crippen LogP contribution in [0.25, 0.3) is 0 Å². The summed E-state index contributed by atoms with van der Waals surface area (Å²) in [7, 11) is 0. The molecule has 12 nitrogen and oxygen atoms in total. The molecule has 40 heavy (non-hydrogen) atoms. The van der Waals surface area contributed by atoms with E-state index in [1.807, 2.05) is 41.5 Å². The third-order valence-electron chi connectivity index (χ3n) is 4.90. The van der Waals surface area contributed by atoms with Crippen LogP contribution < -0.4 is 15.3 Å². The first-order valence-electron chi connectivity index (χ1n) is 12.8. The Kier molecular flexibility index (Phi) is 28.9. The van der Waals surface area contributed by atoms with E-state index in [9.17, 15) is 44.1 Å². The van der Waals surface area contributed by atoms with E-state index >= 15 is 0 Å². The van der Waals surface area contributed by atoms with E-state index in [4.69, 9.17) is 14.2 Å². The Hall–Kier alpha value is -2.17. The molecule has 0 bridgehead atoms. The Labute approximate surface area is 248 Å². The molecule has 0 aliphatic rings. The Morgan fingerprint density at radius 3 is 0.750 bits per heavy atom. The van der Waals surface area contributed by atoms with Gasteiger partial charge in [-0.25, -0.2) is 0 Å². The van der Waals surface area contributed by atoms with E-state index in [1.165, 1.54) is 20.8 Å². The molecule has 0 aliphatic heterocycles. The number of aliphatic carboxylic acids is 3. The number of carbonyl (C=O) groups is 6. The second kappa shape index (κ2) is 25.8. The van der Waals surface area contributed by atoms with Gasteiger partial charge in [-0.1, -0.05) is 0 Å². The van der Waals surface area contributed by atoms with Crippen molar-refractivity contribution in [2.75, 3.05) is 19.8 Å². The average Bonchev–Trinajstić information content (AvgIpc) is 2.76. The van der Waals surface area contributed by atoms with E-state index < -0.39 is 35.7 Å². The molecule has 0 saturated carbocycles. The van der Waals surface area contributed by atoms with Gasteiger partial charge < -0.3 is 43.9 Å². The van der Waals surface area contributed by atoms with Crippen LogP contribution in [0.4, 0.5) is 0 Å². The molecule has 3 atom stereocenters. The Balaban J connectivity index is -0.000000240. The van der Waals surface area contributed by atoms with Gasteiger partial charge in [0.2, 0.25) is 0 Å². The summed E-state index contributed by atoms with van der Waals surface area (Å²) in [5.74, 6) is -8.19. The zero-order chi connectivity index (χ0) is 31.3. The molecular weight excluding hydrogens is 543 g/mol. The second-order valence-electron chi connectivity index (χ2n) is 9.57. The molecule has 0 fully saturated rings. The van der Waals surface area contributed by atoms with Gasteiger partial charge in [-0.3, -0.25) is 14.4 Å². The van der Waals surface area contributed by atoms with Crippen molar-refractivity contribution in [3.05, 3.63) is 0 Å². The van der Waals surface area contributed by atoms with E-state index in [0.29, 0.717) is 0 Å². The first-order valence-corrected chi connectivity index (χ1v) is 12.8. The molecule has 0 spiro atoms. The molecule has 228 valence electrons. The number of hydrogen-bond acceptors (Lipinski definition) is 12. The van der Waals surface area contributed by atoms with E-state index in [1.54, 1.807) is 0 Å². The van der Waals surface area contributed by atoms with Gasteiger partial charge in [0.15, 0.2) is 0 Å². The van der Waals surface area contributed by atoms with Crippen LogP contribution in [0, 0.1) is 17.8 Å². The summed E-state index contributed by atoms with van der Waals surface area (Å²) >= 11 is 0. The molecule has 0 amide bonds. The molecule has 0 rings (SSSR count). The SMILES string of the molecule is CC(=O)C(CCOC(C)C)C(=O)[O-].CC(=O)C(CCOC(C)C)C(=O)[O-].CC(=O)C(CCOC(C)C)C(=O)[O-].[Al+3]. The zero-order valence-corrected chi connectivity index (χ0v) is 26.3. The Morgan fingerprint density at radius 1 is 0.475 bits per heavy atom. The fourth-order valence-corrected chi connectivity index (χ4v) is 2.73. The van der Waals surface area contributed by atoms with Crippen molar-refractivity contribution in [1.29, 1.82) is 0 Å². The molecule has 0 heterocycles. The van der Waals surface area contributed by atoms with Crippen LogP contribution in [0.1, 0.15) is 81.6 Å². The maximum atomic E-state index is 10.8. The summed E-state index contributed by atoms with van der Waals surface area (Å²) in [5, 5.41) is 31.3. The predicted octanol–water partition coefficient (Wildman–Crippen LogP) is -1.11. The van der Waals surface area contributed by atoms with Gasteiger partial charge in [-0.2, -0.15) is 0 Å². The first-order chi connectivity index (χ1) is 17.8. The van der Waals surface area contributed by atoms with Gasteiger partial charge in [0.25, 0.3) is 0 Å². The van der Waals surface area contributed by atoms with Crippen molar-refractivity contribution in [2.24, 2.45) is 17.8 Å². The summed E-state index contributed by atoms with van der Waals surface area (Å²) in [6, 6.07) is 0. The molecular formula is C27H45AlO12. The number of ether oxygens (including phenoxy) is 3. The molecule has 0 aromatic heterocycles. The maximum Gasteiger partial charge on any atom is 3.00 e. The van der Waals surface area contributed by atoms with Crippen LogP contribution in [0.3, 0.4) is 0 Å². The number of carboxylic acids is 3. The van der Waals surface area contributed by atoms with Crippen LogP contribution in [0.2, 0.25) is 0 Å². The number of rotatable bonds is 18. The van der Waals surface area contributed by atoms with Gasteiger partial charge in [0.1, 0.15) is 17.3 Å². The van der Waals surface area contributed by atoms with Crippen LogP contribution in [0.15, 0.2) is 0 Å². The van der Waals surface area contributed by atoms with Crippen molar-refractivity contribution in [3.63, 3.8) is 0 Å². The molecule has 0 saturated heterocycles. The van der Waals surface area contributed by atoms with E-state index in [2.05, 4.69) is 0 Å². The average molecular weight is 589 g/mol. The van der Waals surface area contributed by atoms with Gasteiger partial charge in [0.05, 0.1) is 54.0 Å². The number of carboxylic acid groups (broad SMARTS) is 3. The number of ketones is 3. The molecule has 0 aliphatic carbocycles. The van der Waals surface area contributed by atoms with Crippen molar-refractivity contribution < 1.29 is 58.3 Å². The van der Waals surface area contributed by atoms with Gasteiger partial charge >= 0.3 is 17.4 Å². The fraction of sp³-hybridized carbons (Fsp3) is 0.778. The zero-order valence-electron chi connectivity index (χ0n) is 25.2. The predicted molar refractivity (Wildman–Crippen MR) is 140 cm³/mol. The van der Waals surface area contributed by atoms with Gasteiger partial charge in [0, 0.05) is 19.8 Å². The summed E-state index contributed by atoms with van der Waals surface area (Å²) in [4.78, 5) is 63.6. The normalized spacial score (nSPS) is 12.6. The van der Waals surface area contributed by atoms with E-state index in [-0.39, 0.29) is 92.1 Å². The number of hydrogen-bond donors (Lipinski definition) is 0. The van der Waals surface area contributed by atoms with Crippen LogP contribution in [-0.2, 0) is 43.0 Å². The van der Waals surface area contributed by atoms with Crippen molar-refractivity contribution in [2.45, 2.75) is 99.9 Å². The molecule has 0 N–H and O–H groups in total. The summed E-state index contributed by atoms with van der Waals surface area (Å²) in [6.45, 7) is 15.7. The van der Waals surface area contributed by atoms with Crippen molar-refractivity contribution in [1.82, 2.24) is 0 Å². The van der Waals surface area contributed by atoms with Gasteiger partial charge in [-0.05, 0) is 81.6 Å². The summed E-state index contributed by atoms with van der Waals surface area (Å²) in [5.41, 5.74) is 0. The largest absolute Gasteiger partial charge is 3.00 e. The van der Waals surface area contributed by atoms with Crippen LogP contribution >= 0.6 is 0 Å². The first kappa shape index (κ1) is 44.8. The Bertz CT molecular complexity index is 623. The minimum absolute atomic E-state index is 0. The molecule has 0 aromatic carbocycles. The van der Waals surface area contributed by atoms with Crippen molar-refractivity contribution >= 4 is 52.6 Å². The minimum atomic E-state index is -1.32. The number of carbonyl (C=O) groups excluding carboxylic acids is 6. The second-order valence-corrected chi connectivity index (χ2v) is 9.57.